The molecule has 0 amide bonds. The molecule has 0 saturated carbocycles. The normalized spacial score (nSPS) is 10.9. The summed E-state index contributed by atoms with van der Waals surface area (Å²) in [7, 11) is 1.77. The van der Waals surface area contributed by atoms with E-state index in [9.17, 15) is 0 Å². The quantitative estimate of drug-likeness (QED) is 0.334. The summed E-state index contributed by atoms with van der Waals surface area (Å²) in [6, 6.07) is 11.4. The Morgan fingerprint density at radius 3 is 2.44 bits per heavy atom. The number of pyridine rings is 1. The van der Waals surface area contributed by atoms with Crippen molar-refractivity contribution in [3.8, 4) is 17.4 Å². The van der Waals surface area contributed by atoms with Crippen molar-refractivity contribution in [2.24, 2.45) is 10.9 Å². The van der Waals surface area contributed by atoms with Crippen molar-refractivity contribution >= 4 is 29.9 Å². The highest BCUT2D eigenvalue weighted by molar-refractivity contribution is 14.0. The maximum absolute atomic E-state index is 5.82. The van der Waals surface area contributed by atoms with Gasteiger partial charge in [0, 0.05) is 32.4 Å². The molecule has 1 aromatic carbocycles. The Kier molecular flexibility index (Phi) is 10.5. The molecular weight excluding hydrogens is 455 g/mol. The molecule has 2 aromatic rings. The van der Waals surface area contributed by atoms with Crippen LogP contribution in [-0.4, -0.2) is 31.1 Å². The minimum Gasteiger partial charge on any atom is -0.494 e. The van der Waals surface area contributed by atoms with Crippen LogP contribution in [0.4, 0.5) is 0 Å². The molecule has 0 spiro atoms. The zero-order valence-corrected chi connectivity index (χ0v) is 18.7. The van der Waals surface area contributed by atoms with E-state index < -0.39 is 0 Å². The van der Waals surface area contributed by atoms with Gasteiger partial charge in [-0.2, -0.15) is 0 Å². The minimum absolute atomic E-state index is 0. The first-order valence-electron chi connectivity index (χ1n) is 8.91. The van der Waals surface area contributed by atoms with Crippen LogP contribution >= 0.6 is 24.0 Å². The Morgan fingerprint density at radius 1 is 1.11 bits per heavy atom. The van der Waals surface area contributed by atoms with Crippen LogP contribution in [0.3, 0.4) is 0 Å². The molecule has 0 unspecified atom stereocenters. The van der Waals surface area contributed by atoms with E-state index in [0.29, 0.717) is 24.9 Å². The lowest BCUT2D eigenvalue weighted by Crippen LogP contribution is -2.38. The third kappa shape index (κ3) is 8.47. The second-order valence-electron chi connectivity index (χ2n) is 6.21. The van der Waals surface area contributed by atoms with Crippen LogP contribution in [0.1, 0.15) is 26.3 Å². The smallest absolute Gasteiger partial charge is 0.219 e. The molecule has 1 aromatic heterocycles. The van der Waals surface area contributed by atoms with Gasteiger partial charge in [-0.1, -0.05) is 13.8 Å². The molecule has 0 aliphatic rings. The lowest BCUT2D eigenvalue weighted by Gasteiger charge is -2.13. The van der Waals surface area contributed by atoms with Crippen molar-refractivity contribution in [3.05, 3.63) is 48.2 Å². The van der Waals surface area contributed by atoms with Crippen LogP contribution in [0.25, 0.3) is 0 Å². The third-order valence-corrected chi connectivity index (χ3v) is 3.52. The molecule has 0 aliphatic heterocycles. The number of nitrogens with zero attached hydrogens (tertiary/aromatic N) is 2. The largest absolute Gasteiger partial charge is 0.494 e. The summed E-state index contributed by atoms with van der Waals surface area (Å²) in [5, 5.41) is 6.58. The van der Waals surface area contributed by atoms with Crippen LogP contribution in [0.15, 0.2) is 47.6 Å². The number of nitrogens with one attached hydrogen (secondary N) is 2. The van der Waals surface area contributed by atoms with Crippen LogP contribution in [0.5, 0.6) is 17.4 Å². The minimum atomic E-state index is 0. The van der Waals surface area contributed by atoms with Crippen LogP contribution < -0.4 is 20.1 Å². The second-order valence-corrected chi connectivity index (χ2v) is 6.21. The van der Waals surface area contributed by atoms with Crippen molar-refractivity contribution in [3.63, 3.8) is 0 Å². The van der Waals surface area contributed by atoms with Crippen molar-refractivity contribution in [2.75, 3.05) is 20.2 Å². The van der Waals surface area contributed by atoms with Gasteiger partial charge in [0.15, 0.2) is 5.96 Å². The third-order valence-electron chi connectivity index (χ3n) is 3.52. The van der Waals surface area contributed by atoms with Crippen LogP contribution in [-0.2, 0) is 6.54 Å². The topological polar surface area (TPSA) is 67.8 Å². The fraction of sp³-hybridized carbons (Fsp3) is 0.400. The average molecular weight is 484 g/mol. The molecule has 6 nitrogen and oxygen atoms in total. The Balaban J connectivity index is 0.00000364. The highest BCUT2D eigenvalue weighted by Crippen LogP contribution is 2.23. The number of rotatable bonds is 8. The highest BCUT2D eigenvalue weighted by atomic mass is 127. The van der Waals surface area contributed by atoms with Crippen molar-refractivity contribution in [1.29, 1.82) is 0 Å². The molecule has 148 valence electrons. The van der Waals surface area contributed by atoms with Crippen molar-refractivity contribution < 1.29 is 9.47 Å². The molecular formula is C20H29IN4O2. The summed E-state index contributed by atoms with van der Waals surface area (Å²) in [5.74, 6) is 3.44. The van der Waals surface area contributed by atoms with E-state index in [1.165, 1.54) is 0 Å². The fourth-order valence-electron chi connectivity index (χ4n) is 2.21. The fourth-order valence-corrected chi connectivity index (χ4v) is 2.21. The van der Waals surface area contributed by atoms with Gasteiger partial charge in [0.2, 0.25) is 5.88 Å². The Hall–Kier alpha value is -2.03. The van der Waals surface area contributed by atoms with E-state index in [0.717, 1.165) is 29.6 Å². The SMILES string of the molecule is CCOc1ccc(Oc2cc(CNC(=NC)NCC(C)C)ccn2)cc1.I. The zero-order chi connectivity index (χ0) is 18.8. The summed E-state index contributed by atoms with van der Waals surface area (Å²) in [5.41, 5.74) is 1.06. The van der Waals surface area contributed by atoms with Gasteiger partial charge in [0.25, 0.3) is 0 Å². The first-order chi connectivity index (χ1) is 12.6. The number of aromatic nitrogens is 1. The molecule has 0 saturated heterocycles. The van der Waals surface area contributed by atoms with Gasteiger partial charge in [0.1, 0.15) is 11.5 Å². The summed E-state index contributed by atoms with van der Waals surface area (Å²) in [6.07, 6.45) is 1.74. The van der Waals surface area contributed by atoms with E-state index in [2.05, 4.69) is 34.5 Å². The van der Waals surface area contributed by atoms with Gasteiger partial charge in [-0.05, 0) is 48.7 Å². The molecule has 27 heavy (non-hydrogen) atoms. The van der Waals surface area contributed by atoms with Gasteiger partial charge < -0.3 is 20.1 Å². The lowest BCUT2D eigenvalue weighted by atomic mass is 10.2. The molecule has 0 fully saturated rings. The molecule has 7 heteroatoms. The Bertz CT molecular complexity index is 705. The average Bonchev–Trinajstić information content (AvgIpc) is 2.64. The van der Waals surface area contributed by atoms with Gasteiger partial charge in [-0.25, -0.2) is 4.98 Å². The van der Waals surface area contributed by atoms with Crippen LogP contribution in [0, 0.1) is 5.92 Å². The number of ether oxygens (including phenoxy) is 2. The maximum atomic E-state index is 5.82. The Labute approximate surface area is 178 Å². The molecule has 1 heterocycles. The Morgan fingerprint density at radius 2 is 1.81 bits per heavy atom. The van der Waals surface area contributed by atoms with E-state index >= 15 is 0 Å². The predicted molar refractivity (Wildman–Crippen MR) is 120 cm³/mol. The maximum Gasteiger partial charge on any atom is 0.219 e. The number of halogens is 1. The summed E-state index contributed by atoms with van der Waals surface area (Å²) in [4.78, 5) is 8.50. The van der Waals surface area contributed by atoms with E-state index in [-0.39, 0.29) is 24.0 Å². The molecule has 2 N–H and O–H groups in total. The van der Waals surface area contributed by atoms with Crippen molar-refractivity contribution in [2.45, 2.75) is 27.3 Å². The number of hydrogen-bond acceptors (Lipinski definition) is 4. The summed E-state index contributed by atoms with van der Waals surface area (Å²) in [6.45, 7) is 8.44. The molecule has 2 rings (SSSR count). The molecule has 0 radical (unpaired) electrons. The monoisotopic (exact) mass is 484 g/mol. The van der Waals surface area contributed by atoms with E-state index in [4.69, 9.17) is 9.47 Å². The number of aliphatic imine (C=N–C) groups is 1. The first kappa shape index (κ1) is 23.0. The molecule has 0 aliphatic carbocycles. The van der Waals surface area contributed by atoms with Gasteiger partial charge >= 0.3 is 0 Å². The summed E-state index contributed by atoms with van der Waals surface area (Å²) < 4.78 is 11.3. The summed E-state index contributed by atoms with van der Waals surface area (Å²) >= 11 is 0. The zero-order valence-electron chi connectivity index (χ0n) is 16.4. The molecule has 0 atom stereocenters. The van der Waals surface area contributed by atoms with Gasteiger partial charge in [0.05, 0.1) is 6.61 Å². The number of hydrogen-bond donors (Lipinski definition) is 2. The van der Waals surface area contributed by atoms with E-state index in [1.807, 2.05) is 43.3 Å². The van der Waals surface area contributed by atoms with E-state index in [1.54, 1.807) is 13.2 Å². The molecule has 0 bridgehead atoms. The van der Waals surface area contributed by atoms with Gasteiger partial charge in [-0.15, -0.1) is 24.0 Å². The second kappa shape index (κ2) is 12.4. The standard InChI is InChI=1S/C20H28N4O2.HI/c1-5-25-17-6-8-18(9-7-17)26-19-12-16(10-11-22-19)14-24-20(21-4)23-13-15(2)3;/h6-12,15H,5,13-14H2,1-4H3,(H2,21,23,24);1H. The highest BCUT2D eigenvalue weighted by Gasteiger charge is 2.03. The number of guanidine groups is 1. The predicted octanol–water partition coefficient (Wildman–Crippen LogP) is 4.21. The lowest BCUT2D eigenvalue weighted by molar-refractivity contribution is 0.339. The first-order valence-corrected chi connectivity index (χ1v) is 8.91. The van der Waals surface area contributed by atoms with Crippen LogP contribution in [0.2, 0.25) is 0 Å². The van der Waals surface area contributed by atoms with Gasteiger partial charge in [-0.3, -0.25) is 4.99 Å². The number of benzene rings is 1. The van der Waals surface area contributed by atoms with Crippen molar-refractivity contribution in [1.82, 2.24) is 15.6 Å².